The van der Waals surface area contributed by atoms with Crippen LogP contribution in [0.3, 0.4) is 0 Å². The molecule has 2 nitrogen and oxygen atoms in total. The van der Waals surface area contributed by atoms with E-state index >= 15 is 0 Å². The van der Waals surface area contributed by atoms with Gasteiger partial charge < -0.3 is 22.1 Å². The first kappa shape index (κ1) is 31.9. The van der Waals surface area contributed by atoms with Gasteiger partial charge in [0.15, 0.2) is 0 Å². The van der Waals surface area contributed by atoms with Gasteiger partial charge in [0.05, 0.1) is 5.69 Å². The van der Waals surface area contributed by atoms with Crippen molar-refractivity contribution in [3.05, 3.63) is 194 Å². The van der Waals surface area contributed by atoms with E-state index in [4.69, 9.17) is 4.99 Å². The Morgan fingerprint density at radius 2 is 0.809 bits per heavy atom. The van der Waals surface area contributed by atoms with Crippen LogP contribution in [0.2, 0.25) is 0 Å². The Bertz CT molecular complexity index is 1930. The monoisotopic (exact) mass is 689 g/mol. The first-order valence-corrected chi connectivity index (χ1v) is 17.2. The minimum absolute atomic E-state index is 0. The van der Waals surface area contributed by atoms with Crippen molar-refractivity contribution in [2.24, 2.45) is 4.99 Å². The number of hydrogen-bond donors (Lipinski definition) is 1. The quantitative estimate of drug-likeness (QED) is 0.152. The molecule has 0 amide bonds. The van der Waals surface area contributed by atoms with Crippen molar-refractivity contribution in [2.75, 3.05) is 0 Å². The lowest BCUT2D eigenvalue weighted by atomic mass is 9.96. The molecule has 0 saturated carbocycles. The largest absolute Gasteiger partial charge is 1.00 e. The van der Waals surface area contributed by atoms with Gasteiger partial charge in [-0.2, -0.15) is 0 Å². The molecule has 7 rings (SSSR count). The summed E-state index contributed by atoms with van der Waals surface area (Å²) < 4.78 is 0. The van der Waals surface area contributed by atoms with E-state index in [-0.39, 0.29) is 22.7 Å². The second-order valence-corrected chi connectivity index (χ2v) is 14.5. The van der Waals surface area contributed by atoms with E-state index in [1.807, 2.05) is 79.0 Å². The third kappa shape index (κ3) is 6.33. The summed E-state index contributed by atoms with van der Waals surface area (Å²) in [5.74, 6) is 0.249. The smallest absolute Gasteiger partial charge is 0.145 e. The number of halogens is 1. The fourth-order valence-corrected chi connectivity index (χ4v) is 10.7. The Morgan fingerprint density at radius 3 is 1.23 bits per heavy atom. The Kier molecular flexibility index (Phi) is 9.88. The van der Waals surface area contributed by atoms with Crippen molar-refractivity contribution >= 4 is 40.4 Å². The summed E-state index contributed by atoms with van der Waals surface area (Å²) in [6, 6.07) is 65.3. The first-order valence-electron chi connectivity index (χ1n) is 15.4. The molecule has 0 aliphatic heterocycles. The third-order valence-corrected chi connectivity index (χ3v) is 12.7. The van der Waals surface area contributed by atoms with Gasteiger partial charge in [-0.3, -0.25) is 4.99 Å². The molecule has 0 bridgehead atoms. The molecule has 0 atom stereocenters. The number of nitrogens with zero attached hydrogens (tertiary/aromatic N) is 1. The van der Waals surface area contributed by atoms with Crippen molar-refractivity contribution in [3.8, 4) is 28.0 Å². The number of phenols is 1. The number of aliphatic imine (C=N–C) groups is 1. The van der Waals surface area contributed by atoms with Crippen LogP contribution >= 0.6 is 7.26 Å². The van der Waals surface area contributed by atoms with E-state index < -0.39 is 7.26 Å². The van der Waals surface area contributed by atoms with E-state index in [0.29, 0.717) is 0 Å². The summed E-state index contributed by atoms with van der Waals surface area (Å²) in [5, 5.41) is 16.6. The predicted molar refractivity (Wildman–Crippen MR) is 197 cm³/mol. The molecular weight excluding hydrogens is 657 g/mol. The number of hydrogen-bond acceptors (Lipinski definition) is 2. The maximum atomic E-state index is 11.5. The Morgan fingerprint density at radius 1 is 0.447 bits per heavy atom. The summed E-state index contributed by atoms with van der Waals surface area (Å²) in [7, 11) is -2.32. The number of benzene rings is 7. The van der Waals surface area contributed by atoms with Crippen LogP contribution in [0.15, 0.2) is 193 Å². The van der Waals surface area contributed by atoms with Crippen LogP contribution in [0.1, 0.15) is 5.56 Å². The highest BCUT2D eigenvalue weighted by Gasteiger charge is 2.48. The van der Waals surface area contributed by atoms with E-state index in [1.54, 1.807) is 0 Å². The van der Waals surface area contributed by atoms with Gasteiger partial charge in [-0.1, -0.05) is 127 Å². The van der Waals surface area contributed by atoms with Crippen LogP contribution in [0.4, 0.5) is 5.69 Å². The fourth-order valence-electron chi connectivity index (χ4n) is 6.23. The van der Waals surface area contributed by atoms with Crippen molar-refractivity contribution in [1.82, 2.24) is 0 Å². The normalized spacial score (nSPS) is 11.2. The second kappa shape index (κ2) is 14.6. The molecule has 7 aromatic rings. The SMILES string of the molecule is Oc1c(-c2ccccc2)cc(N=Cc2ccccc2[P+](c2ccccc2)(c2ccccc2)c2ccccc2)cc1-c1ccccc1.[Br-]. The van der Waals surface area contributed by atoms with Crippen LogP contribution in [0.25, 0.3) is 22.3 Å². The highest BCUT2D eigenvalue weighted by atomic mass is 79.9. The Hall–Kier alpha value is -5.08. The van der Waals surface area contributed by atoms with Crippen molar-refractivity contribution in [2.45, 2.75) is 0 Å². The molecule has 228 valence electrons. The summed E-state index contributed by atoms with van der Waals surface area (Å²) in [6.07, 6.45) is 1.99. The lowest BCUT2D eigenvalue weighted by Crippen LogP contribution is -3.00. The van der Waals surface area contributed by atoms with E-state index in [9.17, 15) is 5.11 Å². The Labute approximate surface area is 287 Å². The zero-order valence-electron chi connectivity index (χ0n) is 25.7. The molecule has 7 aromatic carbocycles. The van der Waals surface area contributed by atoms with Gasteiger partial charge in [-0.15, -0.1) is 0 Å². The molecule has 0 saturated heterocycles. The summed E-state index contributed by atoms with van der Waals surface area (Å²) in [6.45, 7) is 0. The molecule has 4 heteroatoms. The van der Waals surface area contributed by atoms with Crippen LogP contribution in [0, 0.1) is 0 Å². The number of phenolic OH excluding ortho intramolecular Hbond substituents is 1. The van der Waals surface area contributed by atoms with Gasteiger partial charge in [0.2, 0.25) is 0 Å². The summed E-state index contributed by atoms with van der Waals surface area (Å²) in [5.41, 5.74) is 5.22. The standard InChI is InChI=1S/C43H32NOP.BrH/c45-43-40(33-18-6-1-7-19-33)30-36(31-41(43)34-20-8-2-9-21-34)44-32-35-22-16-17-29-42(35)46(37-23-10-3-11-24-37,38-25-12-4-13-26-38)39-27-14-5-15-28-39;/h1-32H;1H. The zero-order valence-corrected chi connectivity index (χ0v) is 28.2. The van der Waals surface area contributed by atoms with Gasteiger partial charge in [0.1, 0.15) is 34.2 Å². The summed E-state index contributed by atoms with van der Waals surface area (Å²) in [4.78, 5) is 5.13. The Balaban J connectivity index is 0.00000386. The van der Waals surface area contributed by atoms with Crippen LogP contribution < -0.4 is 38.2 Å². The van der Waals surface area contributed by atoms with Crippen LogP contribution in [0.5, 0.6) is 5.75 Å². The molecule has 0 aromatic heterocycles. The molecule has 1 N–H and O–H groups in total. The number of aromatic hydroxyl groups is 1. The fraction of sp³-hybridized carbons (Fsp3) is 0. The van der Waals surface area contributed by atoms with E-state index in [2.05, 4.69) is 115 Å². The van der Waals surface area contributed by atoms with Gasteiger partial charge in [-0.05, 0) is 71.8 Å². The van der Waals surface area contributed by atoms with E-state index in [1.165, 1.54) is 21.2 Å². The van der Waals surface area contributed by atoms with Crippen molar-refractivity contribution in [1.29, 1.82) is 0 Å². The maximum Gasteiger partial charge on any atom is 0.145 e. The van der Waals surface area contributed by atoms with Gasteiger partial charge in [0.25, 0.3) is 0 Å². The van der Waals surface area contributed by atoms with Gasteiger partial charge in [0, 0.05) is 22.9 Å². The minimum Gasteiger partial charge on any atom is -1.00 e. The van der Waals surface area contributed by atoms with E-state index in [0.717, 1.165) is 33.5 Å². The highest BCUT2D eigenvalue weighted by Crippen LogP contribution is 2.54. The molecule has 0 aliphatic carbocycles. The third-order valence-electron chi connectivity index (χ3n) is 8.35. The molecular formula is C43H33BrNOP. The molecule has 0 unspecified atom stereocenters. The summed E-state index contributed by atoms with van der Waals surface area (Å²) >= 11 is 0. The van der Waals surface area contributed by atoms with Gasteiger partial charge >= 0.3 is 0 Å². The van der Waals surface area contributed by atoms with Crippen LogP contribution in [-0.4, -0.2) is 11.3 Å². The topological polar surface area (TPSA) is 32.6 Å². The van der Waals surface area contributed by atoms with Crippen molar-refractivity contribution in [3.63, 3.8) is 0 Å². The average molecular weight is 691 g/mol. The average Bonchev–Trinajstić information content (AvgIpc) is 3.14. The van der Waals surface area contributed by atoms with Crippen molar-refractivity contribution < 1.29 is 22.1 Å². The second-order valence-electron chi connectivity index (χ2n) is 11.1. The molecule has 47 heavy (non-hydrogen) atoms. The lowest BCUT2D eigenvalue weighted by molar-refractivity contribution is -0.00000963. The van der Waals surface area contributed by atoms with Crippen LogP contribution in [-0.2, 0) is 0 Å². The molecule has 0 fully saturated rings. The molecule has 0 aliphatic rings. The minimum atomic E-state index is -2.32. The highest BCUT2D eigenvalue weighted by molar-refractivity contribution is 8.01. The molecule has 0 spiro atoms. The zero-order chi connectivity index (χ0) is 31.2. The number of rotatable bonds is 8. The maximum absolute atomic E-state index is 11.5. The van der Waals surface area contributed by atoms with Gasteiger partial charge in [-0.25, -0.2) is 0 Å². The lowest BCUT2D eigenvalue weighted by Gasteiger charge is -2.28. The molecule has 0 heterocycles. The first-order chi connectivity index (χ1) is 22.7. The predicted octanol–water partition coefficient (Wildman–Crippen LogP) is 6.10. The molecule has 0 radical (unpaired) electrons.